The molecule has 0 spiro atoms. The Hall–Kier alpha value is -1.10. The van der Waals surface area contributed by atoms with Crippen molar-refractivity contribution in [3.63, 3.8) is 0 Å². The molecule has 3 heteroatoms. The van der Waals surface area contributed by atoms with Crippen LogP contribution in [0.5, 0.6) is 5.75 Å². The molecular weight excluding hydrogens is 313 g/mol. The van der Waals surface area contributed by atoms with Crippen molar-refractivity contribution in [3.8, 4) is 5.75 Å². The summed E-state index contributed by atoms with van der Waals surface area (Å²) in [7, 11) is 0. The zero-order valence-corrected chi connectivity index (χ0v) is 10.9. The van der Waals surface area contributed by atoms with Gasteiger partial charge in [-0.1, -0.05) is 24.3 Å². The predicted octanol–water partition coefficient (Wildman–Crippen LogP) is 3.60. The number of rotatable bonds is 4. The van der Waals surface area contributed by atoms with Gasteiger partial charge >= 0.3 is 0 Å². The van der Waals surface area contributed by atoms with E-state index in [1.807, 2.05) is 53.5 Å². The average molecular weight is 325 g/mol. The second-order valence-corrected chi connectivity index (χ2v) is 3.99. The topological polar surface area (TPSA) is 22.1 Å². The Balaban J connectivity index is 2.05. The van der Waals surface area contributed by atoms with Crippen molar-refractivity contribution in [1.82, 2.24) is 4.98 Å². The molecule has 0 N–H and O–H groups in total. The van der Waals surface area contributed by atoms with Gasteiger partial charge in [0, 0.05) is 12.4 Å². The third-order valence-electron chi connectivity index (χ3n) is 2.46. The highest BCUT2D eigenvalue weighted by atomic mass is 127. The van der Waals surface area contributed by atoms with Crippen LogP contribution in [-0.4, -0.2) is 4.98 Å². The Morgan fingerprint density at radius 1 is 1.06 bits per heavy atom. The highest BCUT2D eigenvalue weighted by Gasteiger charge is 2.02. The first kappa shape index (κ1) is 11.4. The molecule has 0 amide bonds. The first-order chi connectivity index (χ1) is 7.90. The Morgan fingerprint density at radius 2 is 1.94 bits per heavy atom. The zero-order valence-electron chi connectivity index (χ0n) is 8.77. The summed E-state index contributed by atoms with van der Waals surface area (Å²) in [6, 6.07) is 12.2. The molecule has 0 aliphatic rings. The molecule has 1 aromatic carbocycles. The number of benzene rings is 1. The lowest BCUT2D eigenvalue weighted by Crippen LogP contribution is -1.93. The van der Waals surface area contributed by atoms with Crippen molar-refractivity contribution in [2.24, 2.45) is 0 Å². The number of nitrogens with zero attached hydrogens (tertiary/aromatic N) is 1. The number of aryl methyl sites for hydroxylation is 2. The van der Waals surface area contributed by atoms with Gasteiger partial charge in [0.05, 0.1) is 0 Å². The summed E-state index contributed by atoms with van der Waals surface area (Å²) in [5, 5.41) is 0. The van der Waals surface area contributed by atoms with E-state index in [4.69, 9.17) is 3.07 Å². The van der Waals surface area contributed by atoms with Crippen molar-refractivity contribution in [3.05, 3.63) is 59.9 Å². The zero-order chi connectivity index (χ0) is 11.2. The number of para-hydroxylation sites is 1. The maximum atomic E-state index is 5.29. The van der Waals surface area contributed by atoms with Crippen molar-refractivity contribution in [1.29, 1.82) is 0 Å². The fraction of sp³-hybridized carbons (Fsp3) is 0.154. The minimum absolute atomic E-state index is 0.951. The molecule has 0 saturated heterocycles. The van der Waals surface area contributed by atoms with Gasteiger partial charge in [0.2, 0.25) is 0 Å². The Kier molecular flexibility index (Phi) is 4.16. The highest BCUT2D eigenvalue weighted by Crippen LogP contribution is 2.21. The van der Waals surface area contributed by atoms with Gasteiger partial charge in [-0.3, -0.25) is 4.98 Å². The maximum absolute atomic E-state index is 5.29. The second kappa shape index (κ2) is 5.84. The van der Waals surface area contributed by atoms with Crippen LogP contribution in [0.4, 0.5) is 0 Å². The number of pyridine rings is 1. The van der Waals surface area contributed by atoms with E-state index in [-0.39, 0.29) is 0 Å². The highest BCUT2D eigenvalue weighted by molar-refractivity contribution is 14.1. The lowest BCUT2D eigenvalue weighted by atomic mass is 10.1. The van der Waals surface area contributed by atoms with Crippen molar-refractivity contribution < 1.29 is 3.07 Å². The molecule has 2 nitrogen and oxygen atoms in total. The van der Waals surface area contributed by atoms with Crippen LogP contribution >= 0.6 is 23.0 Å². The van der Waals surface area contributed by atoms with Crippen LogP contribution in [0.2, 0.25) is 0 Å². The second-order valence-electron chi connectivity index (χ2n) is 3.55. The lowest BCUT2D eigenvalue weighted by molar-refractivity contribution is 0.698. The van der Waals surface area contributed by atoms with Crippen LogP contribution in [0.3, 0.4) is 0 Å². The molecule has 1 heterocycles. The van der Waals surface area contributed by atoms with Gasteiger partial charge in [0.25, 0.3) is 0 Å². The Bertz CT molecular complexity index is 445. The lowest BCUT2D eigenvalue weighted by Gasteiger charge is -2.06. The van der Waals surface area contributed by atoms with E-state index in [0.717, 1.165) is 18.6 Å². The maximum Gasteiger partial charge on any atom is 0.192 e. The summed E-state index contributed by atoms with van der Waals surface area (Å²) < 4.78 is 5.29. The van der Waals surface area contributed by atoms with Gasteiger partial charge in [-0.2, -0.15) is 0 Å². The summed E-state index contributed by atoms with van der Waals surface area (Å²) >= 11 is 1.92. The third-order valence-corrected chi connectivity index (χ3v) is 2.94. The standard InChI is InChI=1S/C13H12INO/c14-16-13-6-2-1-5-12(13)8-7-11-4-3-9-15-10-11/h1-6,9-10H,7-8H2. The van der Waals surface area contributed by atoms with Crippen molar-refractivity contribution in [2.45, 2.75) is 12.8 Å². The molecule has 0 unspecified atom stereocenters. The molecule has 0 radical (unpaired) electrons. The molecule has 0 aliphatic heterocycles. The SMILES string of the molecule is IOc1ccccc1CCc1cccnc1. The van der Waals surface area contributed by atoms with E-state index in [1.54, 1.807) is 6.20 Å². The van der Waals surface area contributed by atoms with Crippen LogP contribution in [-0.2, 0) is 12.8 Å². The molecule has 0 bridgehead atoms. The number of hydrogen-bond acceptors (Lipinski definition) is 2. The van der Waals surface area contributed by atoms with Crippen LogP contribution in [0, 0.1) is 0 Å². The quantitative estimate of drug-likeness (QED) is 0.802. The minimum Gasteiger partial charge on any atom is -0.427 e. The van der Waals surface area contributed by atoms with Gasteiger partial charge in [-0.25, -0.2) is 0 Å². The summed E-state index contributed by atoms with van der Waals surface area (Å²) in [4.78, 5) is 4.11. The van der Waals surface area contributed by atoms with Crippen LogP contribution < -0.4 is 3.07 Å². The molecule has 1 aromatic heterocycles. The van der Waals surface area contributed by atoms with E-state index in [9.17, 15) is 0 Å². The predicted molar refractivity (Wildman–Crippen MR) is 72.7 cm³/mol. The molecule has 0 fully saturated rings. The van der Waals surface area contributed by atoms with E-state index in [1.165, 1.54) is 11.1 Å². The first-order valence-electron chi connectivity index (χ1n) is 5.15. The van der Waals surface area contributed by atoms with Crippen LogP contribution in [0.25, 0.3) is 0 Å². The molecule has 2 rings (SSSR count). The molecule has 0 aliphatic carbocycles. The summed E-state index contributed by atoms with van der Waals surface area (Å²) in [6.07, 6.45) is 5.68. The Morgan fingerprint density at radius 3 is 2.69 bits per heavy atom. The van der Waals surface area contributed by atoms with E-state index in [2.05, 4.69) is 17.1 Å². The monoisotopic (exact) mass is 325 g/mol. The number of aromatic nitrogens is 1. The van der Waals surface area contributed by atoms with Crippen molar-refractivity contribution >= 4 is 23.0 Å². The molecule has 82 valence electrons. The van der Waals surface area contributed by atoms with Gasteiger partial charge in [-0.15, -0.1) is 0 Å². The molecule has 0 atom stereocenters. The molecule has 16 heavy (non-hydrogen) atoms. The average Bonchev–Trinajstić information content (AvgIpc) is 2.38. The molecule has 2 aromatic rings. The summed E-state index contributed by atoms with van der Waals surface area (Å²) in [5.74, 6) is 0.951. The minimum atomic E-state index is 0.951. The van der Waals surface area contributed by atoms with Gasteiger partial charge in [-0.05, 0) is 36.1 Å². The van der Waals surface area contributed by atoms with Crippen LogP contribution in [0.15, 0.2) is 48.8 Å². The summed E-state index contributed by atoms with van der Waals surface area (Å²) in [5.41, 5.74) is 2.49. The van der Waals surface area contributed by atoms with Gasteiger partial charge < -0.3 is 3.07 Å². The third kappa shape index (κ3) is 2.95. The normalized spacial score (nSPS) is 10.1. The fourth-order valence-corrected chi connectivity index (χ4v) is 2.04. The molecule has 0 saturated carbocycles. The Labute approximate surface area is 109 Å². The number of hydrogen-bond donors (Lipinski definition) is 0. The van der Waals surface area contributed by atoms with E-state index < -0.39 is 0 Å². The van der Waals surface area contributed by atoms with Crippen molar-refractivity contribution in [2.75, 3.05) is 0 Å². The van der Waals surface area contributed by atoms with E-state index >= 15 is 0 Å². The smallest absolute Gasteiger partial charge is 0.192 e. The molecular formula is C13H12INO. The van der Waals surface area contributed by atoms with Gasteiger partial charge in [0.1, 0.15) is 5.75 Å². The van der Waals surface area contributed by atoms with Gasteiger partial charge in [0.15, 0.2) is 23.0 Å². The first-order valence-corrected chi connectivity index (χ1v) is 6.03. The largest absolute Gasteiger partial charge is 0.427 e. The van der Waals surface area contributed by atoms with E-state index in [0.29, 0.717) is 0 Å². The fourth-order valence-electron chi connectivity index (χ4n) is 1.61. The van der Waals surface area contributed by atoms with Crippen LogP contribution in [0.1, 0.15) is 11.1 Å². The number of halogens is 1. The summed E-state index contributed by atoms with van der Waals surface area (Å²) in [6.45, 7) is 0.